The number of methoxy groups -OCH3 is 1. The Morgan fingerprint density at radius 3 is 2.35 bits per heavy atom. The van der Waals surface area contributed by atoms with E-state index in [0.717, 1.165) is 49.4 Å². The van der Waals surface area contributed by atoms with Crippen LogP contribution in [0, 0.1) is 0 Å². The van der Waals surface area contributed by atoms with Gasteiger partial charge in [-0.25, -0.2) is 0 Å². The Hall–Kier alpha value is -2.54. The molecule has 168 valence electrons. The monoisotopic (exact) mass is 434 g/mol. The van der Waals surface area contributed by atoms with Crippen LogP contribution in [0.15, 0.2) is 48.5 Å². The van der Waals surface area contributed by atoms with Crippen molar-refractivity contribution in [1.82, 2.24) is 10.2 Å². The fourth-order valence-electron chi connectivity index (χ4n) is 4.11. The predicted octanol–water partition coefficient (Wildman–Crippen LogP) is 5.16. The van der Waals surface area contributed by atoms with Crippen molar-refractivity contribution in [2.75, 3.05) is 26.7 Å². The minimum atomic E-state index is -4.36. The van der Waals surface area contributed by atoms with Gasteiger partial charge in [0.15, 0.2) is 0 Å². The van der Waals surface area contributed by atoms with Crippen molar-refractivity contribution in [3.05, 3.63) is 65.2 Å². The number of hydrogen-bond donors (Lipinski definition) is 1. The second-order valence-corrected chi connectivity index (χ2v) is 8.03. The standard InChI is InChI=1S/C24H29F3N2O2/c1-17(18-9-11-19(12-10-18)24(25,26)27)15-23(30)28-16-21(29-13-5-6-14-29)20-7-3-4-8-22(20)31-2/h3-4,7-12,17,21H,5-6,13-16H2,1-2H3,(H,28,30). The number of ether oxygens (including phenoxy) is 1. The SMILES string of the molecule is COc1ccccc1C(CNC(=O)CC(C)c1ccc(C(F)(F)F)cc1)N1CCCC1. The van der Waals surface area contributed by atoms with Crippen LogP contribution in [0.2, 0.25) is 0 Å². The number of benzene rings is 2. The number of rotatable bonds is 8. The Morgan fingerprint density at radius 2 is 1.74 bits per heavy atom. The Bertz CT molecular complexity index is 862. The average molecular weight is 435 g/mol. The number of nitrogens with zero attached hydrogens (tertiary/aromatic N) is 1. The van der Waals surface area contributed by atoms with E-state index in [0.29, 0.717) is 12.1 Å². The van der Waals surface area contributed by atoms with Crippen LogP contribution in [0.25, 0.3) is 0 Å². The summed E-state index contributed by atoms with van der Waals surface area (Å²) in [6.45, 7) is 4.25. The summed E-state index contributed by atoms with van der Waals surface area (Å²) < 4.78 is 43.8. The molecule has 2 atom stereocenters. The van der Waals surface area contributed by atoms with Crippen LogP contribution < -0.4 is 10.1 Å². The van der Waals surface area contributed by atoms with E-state index in [2.05, 4.69) is 10.2 Å². The van der Waals surface area contributed by atoms with Gasteiger partial charge in [0.2, 0.25) is 5.91 Å². The third kappa shape index (κ3) is 6.00. The molecular formula is C24H29F3N2O2. The molecule has 0 bridgehead atoms. The predicted molar refractivity (Wildman–Crippen MR) is 114 cm³/mol. The highest BCUT2D eigenvalue weighted by Gasteiger charge is 2.30. The van der Waals surface area contributed by atoms with Crippen molar-refractivity contribution < 1.29 is 22.7 Å². The summed E-state index contributed by atoms with van der Waals surface area (Å²) in [6, 6.07) is 12.9. The third-order valence-corrected chi connectivity index (χ3v) is 5.87. The maximum Gasteiger partial charge on any atom is 0.416 e. The van der Waals surface area contributed by atoms with E-state index in [-0.39, 0.29) is 24.3 Å². The minimum Gasteiger partial charge on any atom is -0.496 e. The van der Waals surface area contributed by atoms with Crippen molar-refractivity contribution in [2.24, 2.45) is 0 Å². The molecule has 1 N–H and O–H groups in total. The van der Waals surface area contributed by atoms with Crippen LogP contribution in [-0.4, -0.2) is 37.6 Å². The molecule has 1 aliphatic rings. The molecular weight excluding hydrogens is 405 g/mol. The highest BCUT2D eigenvalue weighted by Crippen LogP contribution is 2.32. The zero-order valence-corrected chi connectivity index (χ0v) is 17.9. The van der Waals surface area contributed by atoms with E-state index < -0.39 is 11.7 Å². The fourth-order valence-corrected chi connectivity index (χ4v) is 4.11. The summed E-state index contributed by atoms with van der Waals surface area (Å²) in [5.74, 6) is 0.497. The first-order valence-corrected chi connectivity index (χ1v) is 10.6. The molecule has 1 amide bonds. The molecule has 0 saturated carbocycles. The summed E-state index contributed by atoms with van der Waals surface area (Å²) in [7, 11) is 1.64. The molecule has 7 heteroatoms. The average Bonchev–Trinajstić information content (AvgIpc) is 3.28. The van der Waals surface area contributed by atoms with Crippen molar-refractivity contribution in [2.45, 2.75) is 44.3 Å². The normalized spacial score (nSPS) is 16.7. The topological polar surface area (TPSA) is 41.6 Å². The van der Waals surface area contributed by atoms with Gasteiger partial charge < -0.3 is 10.1 Å². The van der Waals surface area contributed by atoms with Crippen molar-refractivity contribution in [1.29, 1.82) is 0 Å². The summed E-state index contributed by atoms with van der Waals surface area (Å²) in [6.07, 6.45) is -1.89. The highest BCUT2D eigenvalue weighted by molar-refractivity contribution is 5.76. The van der Waals surface area contributed by atoms with Gasteiger partial charge in [-0.05, 0) is 55.6 Å². The van der Waals surface area contributed by atoms with Gasteiger partial charge in [-0.3, -0.25) is 9.69 Å². The molecule has 0 aromatic heterocycles. The lowest BCUT2D eigenvalue weighted by atomic mass is 9.96. The van der Waals surface area contributed by atoms with Gasteiger partial charge in [0.25, 0.3) is 0 Å². The third-order valence-electron chi connectivity index (χ3n) is 5.87. The summed E-state index contributed by atoms with van der Waals surface area (Å²) in [5.41, 5.74) is 1.07. The van der Waals surface area contributed by atoms with E-state index in [1.165, 1.54) is 12.1 Å². The number of para-hydroxylation sites is 1. The molecule has 0 radical (unpaired) electrons. The molecule has 2 aromatic rings. The van der Waals surface area contributed by atoms with Gasteiger partial charge >= 0.3 is 6.18 Å². The quantitative estimate of drug-likeness (QED) is 0.624. The largest absolute Gasteiger partial charge is 0.496 e. The Labute approximate surface area is 181 Å². The zero-order chi connectivity index (χ0) is 22.4. The minimum absolute atomic E-state index is 0.0176. The molecule has 1 saturated heterocycles. The van der Waals surface area contributed by atoms with E-state index in [4.69, 9.17) is 4.74 Å². The number of carbonyl (C=O) groups excluding carboxylic acids is 1. The molecule has 31 heavy (non-hydrogen) atoms. The smallest absolute Gasteiger partial charge is 0.416 e. The van der Waals surface area contributed by atoms with Gasteiger partial charge in [0, 0.05) is 18.5 Å². The Balaban J connectivity index is 1.63. The lowest BCUT2D eigenvalue weighted by molar-refractivity contribution is -0.137. The van der Waals surface area contributed by atoms with Gasteiger partial charge in [0.05, 0.1) is 18.7 Å². The van der Waals surface area contributed by atoms with Gasteiger partial charge in [-0.2, -0.15) is 13.2 Å². The lowest BCUT2D eigenvalue weighted by Gasteiger charge is -2.29. The molecule has 1 fully saturated rings. The van der Waals surface area contributed by atoms with Crippen LogP contribution in [0.4, 0.5) is 13.2 Å². The molecule has 1 aliphatic heterocycles. The molecule has 4 nitrogen and oxygen atoms in total. The Kier molecular flexibility index (Phi) is 7.59. The van der Waals surface area contributed by atoms with Gasteiger partial charge in [-0.1, -0.05) is 37.3 Å². The fraction of sp³-hybridized carbons (Fsp3) is 0.458. The van der Waals surface area contributed by atoms with E-state index in [1.807, 2.05) is 31.2 Å². The van der Waals surface area contributed by atoms with E-state index in [9.17, 15) is 18.0 Å². The summed E-state index contributed by atoms with van der Waals surface area (Å²) >= 11 is 0. The molecule has 2 aromatic carbocycles. The maximum absolute atomic E-state index is 12.8. The van der Waals surface area contributed by atoms with Gasteiger partial charge in [-0.15, -0.1) is 0 Å². The molecule has 2 unspecified atom stereocenters. The second kappa shape index (κ2) is 10.2. The van der Waals surface area contributed by atoms with Gasteiger partial charge in [0.1, 0.15) is 5.75 Å². The van der Waals surface area contributed by atoms with E-state index in [1.54, 1.807) is 7.11 Å². The number of alkyl halides is 3. The first-order valence-electron chi connectivity index (χ1n) is 10.6. The highest BCUT2D eigenvalue weighted by atomic mass is 19.4. The molecule has 0 aliphatic carbocycles. The molecule has 0 spiro atoms. The number of likely N-dealkylation sites (tertiary alicyclic amines) is 1. The van der Waals surface area contributed by atoms with Crippen molar-refractivity contribution >= 4 is 5.91 Å². The number of carbonyl (C=O) groups is 1. The summed E-state index contributed by atoms with van der Waals surface area (Å²) in [4.78, 5) is 15.0. The van der Waals surface area contributed by atoms with Crippen LogP contribution in [-0.2, 0) is 11.0 Å². The first kappa shape index (κ1) is 23.1. The maximum atomic E-state index is 12.8. The number of hydrogen-bond acceptors (Lipinski definition) is 3. The zero-order valence-electron chi connectivity index (χ0n) is 17.9. The van der Waals surface area contributed by atoms with Crippen LogP contribution in [0.3, 0.4) is 0 Å². The Morgan fingerprint density at radius 1 is 1.10 bits per heavy atom. The van der Waals surface area contributed by atoms with E-state index >= 15 is 0 Å². The molecule has 3 rings (SSSR count). The molecule has 1 heterocycles. The second-order valence-electron chi connectivity index (χ2n) is 8.03. The van der Waals surface area contributed by atoms with Crippen molar-refractivity contribution in [3.63, 3.8) is 0 Å². The first-order chi connectivity index (χ1) is 14.8. The number of nitrogens with one attached hydrogen (secondary N) is 1. The van der Waals surface area contributed by atoms with Crippen molar-refractivity contribution in [3.8, 4) is 5.75 Å². The number of halogens is 3. The lowest BCUT2D eigenvalue weighted by Crippen LogP contribution is -2.37. The van der Waals surface area contributed by atoms with Crippen LogP contribution in [0.1, 0.15) is 54.8 Å². The van der Waals surface area contributed by atoms with Crippen LogP contribution >= 0.6 is 0 Å². The number of amides is 1. The van der Waals surface area contributed by atoms with Crippen LogP contribution in [0.5, 0.6) is 5.75 Å². The summed E-state index contributed by atoms with van der Waals surface area (Å²) in [5, 5.41) is 3.03.